The molecule has 3 heteroatoms. The zero-order valence-corrected chi connectivity index (χ0v) is 16.8. The Bertz CT molecular complexity index is 548. The third-order valence-corrected chi connectivity index (χ3v) is 9.69. The topological polar surface area (TPSA) is 46.3 Å². The molecule has 0 aromatic rings. The molecule has 3 aliphatic carbocycles. The molecule has 0 bridgehead atoms. The summed E-state index contributed by atoms with van der Waals surface area (Å²) in [6.07, 6.45) is 10.0. The van der Waals surface area contributed by atoms with Crippen molar-refractivity contribution in [1.29, 1.82) is 0 Å². The van der Waals surface area contributed by atoms with Gasteiger partial charge in [0.1, 0.15) is 0 Å². The van der Waals surface area contributed by atoms with Gasteiger partial charge < -0.3 is 10.6 Å². The number of carbonyl (C=O) groups is 1. The molecule has 3 nitrogen and oxygen atoms in total. The molecule has 0 radical (unpaired) electrons. The molecule has 3 saturated carbocycles. The summed E-state index contributed by atoms with van der Waals surface area (Å²) in [6, 6.07) is 0.486. The largest absolute Gasteiger partial charge is 0.342 e. The molecule has 2 unspecified atom stereocenters. The molecule has 0 spiro atoms. The van der Waals surface area contributed by atoms with Gasteiger partial charge in [-0.3, -0.25) is 4.79 Å². The number of hydrogen-bond donors (Lipinski definition) is 1. The monoisotopic (exact) mass is 346 g/mol. The highest BCUT2D eigenvalue weighted by Gasteiger charge is 2.61. The van der Waals surface area contributed by atoms with Crippen LogP contribution >= 0.6 is 0 Å². The Morgan fingerprint density at radius 2 is 1.80 bits per heavy atom. The Morgan fingerprint density at radius 3 is 2.52 bits per heavy atom. The zero-order chi connectivity index (χ0) is 18.0. The summed E-state index contributed by atoms with van der Waals surface area (Å²) in [5.41, 5.74) is 6.93. The number of fused-ring (bicyclic) bond motifs is 5. The number of carbonyl (C=O) groups excluding carboxylic acids is 1. The average molecular weight is 347 g/mol. The number of amides is 1. The Balaban J connectivity index is 1.61. The lowest BCUT2D eigenvalue weighted by molar-refractivity contribution is -0.158. The molecule has 1 heterocycles. The summed E-state index contributed by atoms with van der Waals surface area (Å²) in [7, 11) is 2.06. The maximum atomic E-state index is 12.2. The third kappa shape index (κ3) is 2.37. The maximum Gasteiger partial charge on any atom is 0.222 e. The van der Waals surface area contributed by atoms with Gasteiger partial charge >= 0.3 is 0 Å². The first kappa shape index (κ1) is 17.8. The van der Waals surface area contributed by atoms with Gasteiger partial charge in [0.15, 0.2) is 0 Å². The number of piperidine rings is 1. The summed E-state index contributed by atoms with van der Waals surface area (Å²) in [4.78, 5) is 14.4. The summed E-state index contributed by atoms with van der Waals surface area (Å²) < 4.78 is 0. The number of nitrogens with zero attached hydrogens (tertiary/aromatic N) is 1. The fraction of sp³-hybridized carbons (Fsp3) is 0.955. The highest BCUT2D eigenvalue weighted by molar-refractivity contribution is 5.77. The van der Waals surface area contributed by atoms with Gasteiger partial charge in [0.25, 0.3) is 0 Å². The molecule has 4 aliphatic rings. The van der Waals surface area contributed by atoms with E-state index in [0.717, 1.165) is 43.1 Å². The average Bonchev–Trinajstić information content (AvgIpc) is 2.95. The van der Waals surface area contributed by atoms with Crippen LogP contribution in [0.1, 0.15) is 72.1 Å². The van der Waals surface area contributed by atoms with E-state index in [1.165, 1.54) is 38.5 Å². The lowest BCUT2D eigenvalue weighted by Crippen LogP contribution is -2.61. The first-order valence-electron chi connectivity index (χ1n) is 10.8. The zero-order valence-electron chi connectivity index (χ0n) is 16.8. The summed E-state index contributed by atoms with van der Waals surface area (Å²) >= 11 is 0. The van der Waals surface area contributed by atoms with Crippen LogP contribution in [-0.2, 0) is 4.79 Å². The smallest absolute Gasteiger partial charge is 0.222 e. The molecule has 4 fully saturated rings. The fourth-order valence-electron chi connectivity index (χ4n) is 8.29. The first-order chi connectivity index (χ1) is 11.8. The maximum absolute atomic E-state index is 12.2. The van der Waals surface area contributed by atoms with Crippen molar-refractivity contribution in [2.45, 2.75) is 78.2 Å². The van der Waals surface area contributed by atoms with Gasteiger partial charge in [-0.15, -0.1) is 0 Å². The van der Waals surface area contributed by atoms with E-state index in [1.54, 1.807) is 0 Å². The standard InChI is InChI=1S/C22H38N2O/c1-14(13-23)16-6-7-17-15-5-8-19-22(3,12-10-20(25)24(19)4)18(15)9-11-21(16,17)2/h14-19H,5-13,23H2,1-4H3/t14?,15-,16+,17-,18-,19?,21+,22+/m0/s1. The van der Waals surface area contributed by atoms with E-state index in [0.29, 0.717) is 28.7 Å². The number of hydrogen-bond acceptors (Lipinski definition) is 2. The Labute approximate surface area is 154 Å². The van der Waals surface area contributed by atoms with E-state index in [-0.39, 0.29) is 0 Å². The van der Waals surface area contributed by atoms with E-state index in [2.05, 4.69) is 32.7 Å². The summed E-state index contributed by atoms with van der Waals surface area (Å²) in [5, 5.41) is 0. The van der Waals surface area contributed by atoms with Crippen molar-refractivity contribution in [3.63, 3.8) is 0 Å². The van der Waals surface area contributed by atoms with Crippen LogP contribution in [0, 0.1) is 40.4 Å². The fourth-order valence-corrected chi connectivity index (χ4v) is 8.29. The van der Waals surface area contributed by atoms with Crippen molar-refractivity contribution in [2.75, 3.05) is 13.6 Å². The van der Waals surface area contributed by atoms with Crippen molar-refractivity contribution in [3.8, 4) is 0 Å². The molecule has 25 heavy (non-hydrogen) atoms. The molecule has 8 atom stereocenters. The quantitative estimate of drug-likeness (QED) is 0.819. The van der Waals surface area contributed by atoms with Crippen LogP contribution < -0.4 is 5.73 Å². The van der Waals surface area contributed by atoms with Crippen molar-refractivity contribution in [3.05, 3.63) is 0 Å². The SMILES string of the molecule is CC(CN)[C@H]1CC[C@H]2[C@@H]3CCC4N(C)C(=O)CC[C@]4(C)[C@H]3CC[C@]12C. The van der Waals surface area contributed by atoms with Crippen molar-refractivity contribution >= 4 is 5.91 Å². The molecule has 142 valence electrons. The van der Waals surface area contributed by atoms with Crippen molar-refractivity contribution < 1.29 is 4.79 Å². The van der Waals surface area contributed by atoms with E-state index in [9.17, 15) is 4.79 Å². The van der Waals surface area contributed by atoms with Crippen LogP contribution in [0.15, 0.2) is 0 Å². The van der Waals surface area contributed by atoms with Gasteiger partial charge in [-0.2, -0.15) is 0 Å². The van der Waals surface area contributed by atoms with Crippen LogP contribution in [0.3, 0.4) is 0 Å². The minimum Gasteiger partial charge on any atom is -0.342 e. The van der Waals surface area contributed by atoms with Gasteiger partial charge in [0.2, 0.25) is 5.91 Å². The van der Waals surface area contributed by atoms with Gasteiger partial charge in [0.05, 0.1) is 0 Å². The molecule has 1 saturated heterocycles. The highest BCUT2D eigenvalue weighted by Crippen LogP contribution is 2.66. The molecule has 0 aromatic carbocycles. The lowest BCUT2D eigenvalue weighted by atomic mass is 9.46. The second kappa shape index (κ2) is 5.97. The first-order valence-corrected chi connectivity index (χ1v) is 10.8. The highest BCUT2D eigenvalue weighted by atomic mass is 16.2. The molecular formula is C22H38N2O. The minimum absolute atomic E-state index is 0.352. The van der Waals surface area contributed by atoms with E-state index in [1.807, 2.05) is 0 Å². The van der Waals surface area contributed by atoms with Crippen LogP contribution in [0.4, 0.5) is 0 Å². The number of rotatable bonds is 2. The molecular weight excluding hydrogens is 308 g/mol. The van der Waals surface area contributed by atoms with Gasteiger partial charge in [0, 0.05) is 19.5 Å². The van der Waals surface area contributed by atoms with Crippen LogP contribution in [0.2, 0.25) is 0 Å². The Hall–Kier alpha value is -0.570. The van der Waals surface area contributed by atoms with Crippen molar-refractivity contribution in [1.82, 2.24) is 4.90 Å². The lowest BCUT2D eigenvalue weighted by Gasteiger charge is -2.62. The molecule has 1 aliphatic heterocycles. The van der Waals surface area contributed by atoms with Gasteiger partial charge in [-0.1, -0.05) is 20.8 Å². The summed E-state index contributed by atoms with van der Waals surface area (Å²) in [6.45, 7) is 8.34. The molecule has 4 rings (SSSR count). The van der Waals surface area contributed by atoms with E-state index < -0.39 is 0 Å². The van der Waals surface area contributed by atoms with E-state index in [4.69, 9.17) is 5.73 Å². The third-order valence-electron chi connectivity index (χ3n) is 9.69. The number of likely N-dealkylation sites (tertiary alicyclic amines) is 1. The summed E-state index contributed by atoms with van der Waals surface area (Å²) in [5.74, 6) is 4.47. The van der Waals surface area contributed by atoms with Crippen LogP contribution in [-0.4, -0.2) is 30.4 Å². The second-order valence-corrected chi connectivity index (χ2v) is 10.4. The predicted octanol–water partition coefficient (Wildman–Crippen LogP) is 4.06. The van der Waals surface area contributed by atoms with Crippen LogP contribution in [0.25, 0.3) is 0 Å². The van der Waals surface area contributed by atoms with Crippen LogP contribution in [0.5, 0.6) is 0 Å². The van der Waals surface area contributed by atoms with Gasteiger partial charge in [-0.25, -0.2) is 0 Å². The molecule has 2 N–H and O–H groups in total. The van der Waals surface area contributed by atoms with Gasteiger partial charge in [-0.05, 0) is 91.9 Å². The normalized spacial score (nSPS) is 50.8. The number of nitrogens with two attached hydrogens (primary N) is 1. The molecule has 0 aromatic heterocycles. The predicted molar refractivity (Wildman–Crippen MR) is 102 cm³/mol. The Morgan fingerprint density at radius 1 is 1.08 bits per heavy atom. The van der Waals surface area contributed by atoms with Crippen molar-refractivity contribution in [2.24, 2.45) is 46.2 Å². The van der Waals surface area contributed by atoms with E-state index >= 15 is 0 Å². The second-order valence-electron chi connectivity index (χ2n) is 10.4. The Kier molecular flexibility index (Phi) is 4.26. The minimum atomic E-state index is 0.352. The molecule has 1 amide bonds.